The van der Waals surface area contributed by atoms with Crippen molar-refractivity contribution in [3.05, 3.63) is 36.5 Å². The SMILES string of the molecule is CCCCCC(C)(/C=C/C#C/C=C/C=C/[C@@H](O)[C@@H](O)CCCC(C)=O)OC. The van der Waals surface area contributed by atoms with Crippen LogP contribution in [-0.4, -0.2) is 40.9 Å². The van der Waals surface area contributed by atoms with Crippen LogP contribution in [0.3, 0.4) is 0 Å². The van der Waals surface area contributed by atoms with Crippen LogP contribution in [0.2, 0.25) is 0 Å². The molecule has 2 N–H and O–H groups in total. The van der Waals surface area contributed by atoms with Gasteiger partial charge in [-0.05, 0) is 51.3 Å². The van der Waals surface area contributed by atoms with E-state index in [1.807, 2.05) is 6.08 Å². The molecule has 0 aliphatic heterocycles. The minimum absolute atomic E-state index is 0.0922. The van der Waals surface area contributed by atoms with E-state index < -0.39 is 12.2 Å². The molecule has 0 spiro atoms. The number of carbonyl (C=O) groups excluding carboxylic acids is 1. The molecule has 0 heterocycles. The van der Waals surface area contributed by atoms with Crippen molar-refractivity contribution >= 4 is 5.78 Å². The molecule has 0 aromatic heterocycles. The quantitative estimate of drug-likeness (QED) is 0.288. The first-order valence-corrected chi connectivity index (χ1v) is 9.77. The molecule has 0 bridgehead atoms. The smallest absolute Gasteiger partial charge is 0.129 e. The summed E-state index contributed by atoms with van der Waals surface area (Å²) in [6.45, 7) is 5.76. The lowest BCUT2D eigenvalue weighted by atomic mass is 9.97. The first-order chi connectivity index (χ1) is 12.8. The molecule has 0 aliphatic rings. The lowest BCUT2D eigenvalue weighted by Crippen LogP contribution is -2.23. The van der Waals surface area contributed by atoms with Gasteiger partial charge in [0.1, 0.15) is 5.78 Å². The molecule has 4 heteroatoms. The Hall–Kier alpha value is -1.67. The Labute approximate surface area is 165 Å². The Kier molecular flexibility index (Phi) is 14.4. The van der Waals surface area contributed by atoms with Gasteiger partial charge in [-0.25, -0.2) is 0 Å². The Morgan fingerprint density at radius 1 is 1.15 bits per heavy atom. The third-order valence-electron chi connectivity index (χ3n) is 4.37. The van der Waals surface area contributed by atoms with Crippen molar-refractivity contribution in [2.24, 2.45) is 0 Å². The number of allylic oxidation sites excluding steroid dienone is 4. The molecule has 152 valence electrons. The van der Waals surface area contributed by atoms with Crippen LogP contribution in [0.15, 0.2) is 36.5 Å². The zero-order chi connectivity index (χ0) is 20.5. The number of hydrogen-bond donors (Lipinski definition) is 2. The minimum Gasteiger partial charge on any atom is -0.390 e. The van der Waals surface area contributed by atoms with E-state index >= 15 is 0 Å². The summed E-state index contributed by atoms with van der Waals surface area (Å²) in [4.78, 5) is 10.9. The molecule has 0 aromatic carbocycles. The number of unbranched alkanes of at least 4 members (excludes halogenated alkanes) is 2. The zero-order valence-electron chi connectivity index (χ0n) is 17.3. The highest BCUT2D eigenvalue weighted by Gasteiger charge is 2.18. The van der Waals surface area contributed by atoms with Crippen molar-refractivity contribution in [2.45, 2.75) is 83.5 Å². The maximum Gasteiger partial charge on any atom is 0.129 e. The Morgan fingerprint density at radius 3 is 2.48 bits per heavy atom. The van der Waals surface area contributed by atoms with Crippen molar-refractivity contribution in [1.82, 2.24) is 0 Å². The molecular formula is C23H36O4. The maximum absolute atomic E-state index is 10.9. The van der Waals surface area contributed by atoms with E-state index in [0.717, 1.165) is 12.8 Å². The van der Waals surface area contributed by atoms with Crippen molar-refractivity contribution < 1.29 is 19.7 Å². The lowest BCUT2D eigenvalue weighted by molar-refractivity contribution is -0.117. The molecule has 0 radical (unpaired) electrons. The molecule has 0 saturated carbocycles. The third kappa shape index (κ3) is 14.1. The van der Waals surface area contributed by atoms with Gasteiger partial charge in [0.15, 0.2) is 0 Å². The normalized spacial score (nSPS) is 16.4. The number of ketones is 1. The van der Waals surface area contributed by atoms with Crippen LogP contribution in [-0.2, 0) is 9.53 Å². The van der Waals surface area contributed by atoms with Crippen LogP contribution in [0.1, 0.15) is 65.7 Å². The van der Waals surface area contributed by atoms with Gasteiger partial charge in [0.2, 0.25) is 0 Å². The molecule has 0 saturated heterocycles. The average molecular weight is 377 g/mol. The molecule has 0 fully saturated rings. The van der Waals surface area contributed by atoms with Crippen LogP contribution < -0.4 is 0 Å². The van der Waals surface area contributed by atoms with Crippen LogP contribution in [0.4, 0.5) is 0 Å². The number of aliphatic hydroxyl groups excluding tert-OH is 2. The summed E-state index contributed by atoms with van der Waals surface area (Å²) in [7, 11) is 1.72. The second kappa shape index (κ2) is 15.4. The molecule has 0 aromatic rings. The summed E-state index contributed by atoms with van der Waals surface area (Å²) in [5.74, 6) is 5.93. The Bertz CT molecular complexity index is 550. The highest BCUT2D eigenvalue weighted by molar-refractivity contribution is 5.75. The van der Waals surface area contributed by atoms with Crippen molar-refractivity contribution in [3.63, 3.8) is 0 Å². The molecule has 0 amide bonds. The van der Waals surface area contributed by atoms with Gasteiger partial charge >= 0.3 is 0 Å². The van der Waals surface area contributed by atoms with E-state index in [0.29, 0.717) is 19.3 Å². The molecule has 0 aliphatic carbocycles. The van der Waals surface area contributed by atoms with Gasteiger partial charge < -0.3 is 19.7 Å². The van der Waals surface area contributed by atoms with E-state index in [-0.39, 0.29) is 11.4 Å². The second-order valence-corrected chi connectivity index (χ2v) is 6.99. The van der Waals surface area contributed by atoms with E-state index in [4.69, 9.17) is 4.74 Å². The van der Waals surface area contributed by atoms with Crippen molar-refractivity contribution in [3.8, 4) is 11.8 Å². The number of hydrogen-bond acceptors (Lipinski definition) is 4. The predicted octanol–water partition coefficient (Wildman–Crippen LogP) is 4.12. The molecule has 27 heavy (non-hydrogen) atoms. The summed E-state index contributed by atoms with van der Waals surface area (Å²) < 4.78 is 5.57. The molecule has 3 atom stereocenters. The van der Waals surface area contributed by atoms with E-state index in [1.165, 1.54) is 25.8 Å². The summed E-state index contributed by atoms with van der Waals surface area (Å²) in [5.41, 5.74) is -0.282. The second-order valence-electron chi connectivity index (χ2n) is 6.99. The fraction of sp³-hybridized carbons (Fsp3) is 0.609. The molecule has 0 rings (SSSR count). The standard InChI is InChI=1S/C23H36O4/c1-5-6-12-18-23(3,27-4)19-13-10-8-7-9-11-16-21(25)22(26)17-14-15-20(2)24/h7,9,11,13,16,19,21-22,25-26H,5-6,12,14-15,17-18H2,1-4H3/b9-7+,16-11+,19-13+/t21-,22+,23?/m1/s1. The number of rotatable bonds is 13. The van der Waals surface area contributed by atoms with Gasteiger partial charge in [-0.3, -0.25) is 0 Å². The van der Waals surface area contributed by atoms with Crippen LogP contribution in [0.5, 0.6) is 0 Å². The first kappa shape index (κ1) is 25.3. The van der Waals surface area contributed by atoms with Gasteiger partial charge in [-0.1, -0.05) is 56.3 Å². The number of aliphatic hydroxyl groups is 2. The fourth-order valence-electron chi connectivity index (χ4n) is 2.43. The maximum atomic E-state index is 10.9. The van der Waals surface area contributed by atoms with Crippen molar-refractivity contribution in [2.75, 3.05) is 7.11 Å². The minimum atomic E-state index is -0.944. The monoisotopic (exact) mass is 376 g/mol. The topological polar surface area (TPSA) is 66.8 Å². The summed E-state index contributed by atoms with van der Waals surface area (Å²) in [6.07, 6.45) is 14.4. The van der Waals surface area contributed by atoms with Gasteiger partial charge in [0.05, 0.1) is 17.8 Å². The number of methoxy groups -OCH3 is 1. The van der Waals surface area contributed by atoms with Gasteiger partial charge in [0, 0.05) is 13.5 Å². The van der Waals surface area contributed by atoms with Gasteiger partial charge in [0.25, 0.3) is 0 Å². The molecule has 4 nitrogen and oxygen atoms in total. The molecule has 1 unspecified atom stereocenters. The Balaban J connectivity index is 4.30. The number of ether oxygens (including phenoxy) is 1. The average Bonchev–Trinajstić information content (AvgIpc) is 2.63. The zero-order valence-corrected chi connectivity index (χ0v) is 17.3. The Morgan fingerprint density at radius 2 is 1.85 bits per heavy atom. The predicted molar refractivity (Wildman–Crippen MR) is 111 cm³/mol. The van der Waals surface area contributed by atoms with E-state index in [2.05, 4.69) is 25.7 Å². The highest BCUT2D eigenvalue weighted by atomic mass is 16.5. The first-order valence-electron chi connectivity index (χ1n) is 9.77. The van der Waals surface area contributed by atoms with E-state index in [1.54, 1.807) is 31.4 Å². The molecular weight excluding hydrogens is 340 g/mol. The summed E-state index contributed by atoms with van der Waals surface area (Å²) >= 11 is 0. The van der Waals surface area contributed by atoms with Crippen LogP contribution in [0, 0.1) is 11.8 Å². The third-order valence-corrected chi connectivity index (χ3v) is 4.37. The van der Waals surface area contributed by atoms with Crippen molar-refractivity contribution in [1.29, 1.82) is 0 Å². The van der Waals surface area contributed by atoms with Gasteiger partial charge in [-0.15, -0.1) is 0 Å². The largest absolute Gasteiger partial charge is 0.390 e. The summed E-state index contributed by atoms with van der Waals surface area (Å²) in [5, 5.41) is 19.6. The number of Topliss-reactive ketones (excluding diaryl/α,β-unsaturated/α-hetero) is 1. The van der Waals surface area contributed by atoms with E-state index in [9.17, 15) is 15.0 Å². The van der Waals surface area contributed by atoms with Crippen LogP contribution >= 0.6 is 0 Å². The summed E-state index contributed by atoms with van der Waals surface area (Å²) in [6, 6.07) is 0. The highest BCUT2D eigenvalue weighted by Crippen LogP contribution is 2.20. The fourth-order valence-corrected chi connectivity index (χ4v) is 2.43. The van der Waals surface area contributed by atoms with Gasteiger partial charge in [-0.2, -0.15) is 0 Å². The van der Waals surface area contributed by atoms with Crippen LogP contribution in [0.25, 0.3) is 0 Å². The number of carbonyl (C=O) groups is 1. The lowest BCUT2D eigenvalue weighted by Gasteiger charge is -2.23.